The van der Waals surface area contributed by atoms with Gasteiger partial charge < -0.3 is 9.84 Å². The minimum Gasteiger partial charge on any atom is -0.329 e. The van der Waals surface area contributed by atoms with Crippen molar-refractivity contribution >= 4 is 19.0 Å². The third kappa shape index (κ3) is 6.55. The van der Waals surface area contributed by atoms with Gasteiger partial charge in [0, 0.05) is 24.4 Å². The molecule has 1 unspecified atom stereocenters. The first-order valence-corrected chi connectivity index (χ1v) is 8.83. The van der Waals surface area contributed by atoms with Gasteiger partial charge in [0.1, 0.15) is 0 Å². The third-order valence-electron chi connectivity index (χ3n) is 2.56. The van der Waals surface area contributed by atoms with Crippen LogP contribution in [0, 0.1) is 0 Å². The molecular formula is C13H21ClNO2P. The minimum absolute atomic E-state index is 0.520. The lowest BCUT2D eigenvalue weighted by molar-refractivity contribution is 0.336. The molecule has 102 valence electrons. The molecule has 0 aliphatic carbocycles. The molecule has 0 aliphatic rings. The Hall–Kier alpha value is -0.340. The molecule has 0 bridgehead atoms. The maximum Gasteiger partial charge on any atom is 0.200 e. The number of halogens is 1. The average Bonchev–Trinajstić information content (AvgIpc) is 2.31. The number of hydrogen-bond acceptors (Lipinski definition) is 3. The van der Waals surface area contributed by atoms with E-state index in [1.54, 1.807) is 6.66 Å². The summed E-state index contributed by atoms with van der Waals surface area (Å²) < 4.78 is 17.0. The summed E-state index contributed by atoms with van der Waals surface area (Å²) >= 11 is 5.81. The summed E-state index contributed by atoms with van der Waals surface area (Å²) in [5, 5.41) is 4.07. The Bertz CT molecular complexity index is 394. The van der Waals surface area contributed by atoms with Crippen molar-refractivity contribution in [3.63, 3.8) is 0 Å². The molecule has 1 rings (SSSR count). The number of rotatable bonds is 8. The van der Waals surface area contributed by atoms with Crippen molar-refractivity contribution in [1.82, 2.24) is 5.32 Å². The van der Waals surface area contributed by atoms with Crippen molar-refractivity contribution in [3.8, 4) is 0 Å². The van der Waals surface area contributed by atoms with Gasteiger partial charge >= 0.3 is 0 Å². The predicted molar refractivity (Wildman–Crippen MR) is 77.8 cm³/mol. The summed E-state index contributed by atoms with van der Waals surface area (Å²) in [5.41, 5.74) is 1.20. The lowest BCUT2D eigenvalue weighted by Crippen LogP contribution is -2.15. The maximum absolute atomic E-state index is 11.8. The van der Waals surface area contributed by atoms with Crippen LogP contribution in [0.5, 0.6) is 0 Å². The second-order valence-electron chi connectivity index (χ2n) is 4.31. The van der Waals surface area contributed by atoms with E-state index in [-0.39, 0.29) is 0 Å². The summed E-state index contributed by atoms with van der Waals surface area (Å²) in [7, 11) is -2.37. The quantitative estimate of drug-likeness (QED) is 0.585. The summed E-state index contributed by atoms with van der Waals surface area (Å²) in [6.45, 7) is 5.74. The predicted octanol–water partition coefficient (Wildman–Crippen LogP) is 3.76. The lowest BCUT2D eigenvalue weighted by Gasteiger charge is -2.12. The summed E-state index contributed by atoms with van der Waals surface area (Å²) in [5.74, 6) is 0. The van der Waals surface area contributed by atoms with Crippen molar-refractivity contribution in [2.75, 3.05) is 26.0 Å². The minimum atomic E-state index is -2.37. The van der Waals surface area contributed by atoms with E-state index >= 15 is 0 Å². The van der Waals surface area contributed by atoms with Gasteiger partial charge in [-0.25, -0.2) is 0 Å². The van der Waals surface area contributed by atoms with E-state index in [1.165, 1.54) is 5.56 Å². The topological polar surface area (TPSA) is 38.3 Å². The highest BCUT2D eigenvalue weighted by Crippen LogP contribution is 2.42. The Morgan fingerprint density at radius 3 is 2.61 bits per heavy atom. The van der Waals surface area contributed by atoms with E-state index < -0.39 is 7.37 Å². The molecule has 1 N–H and O–H groups in total. The maximum atomic E-state index is 11.8. The molecule has 0 heterocycles. The third-order valence-corrected chi connectivity index (χ3v) is 4.75. The van der Waals surface area contributed by atoms with E-state index in [2.05, 4.69) is 5.32 Å². The number of benzene rings is 1. The van der Waals surface area contributed by atoms with Crippen molar-refractivity contribution < 1.29 is 9.09 Å². The van der Waals surface area contributed by atoms with Gasteiger partial charge in [-0.3, -0.25) is 4.57 Å². The standard InChI is InChI=1S/C13H21ClNO2P/c1-3-17-18(2,16)10-4-9-15-11-12-5-7-13(14)8-6-12/h5-8,15H,3-4,9-11H2,1-2H3. The smallest absolute Gasteiger partial charge is 0.200 e. The average molecular weight is 290 g/mol. The van der Waals surface area contributed by atoms with E-state index in [1.807, 2.05) is 31.2 Å². The largest absolute Gasteiger partial charge is 0.329 e. The van der Waals surface area contributed by atoms with Gasteiger partial charge in [-0.05, 0) is 37.6 Å². The lowest BCUT2D eigenvalue weighted by atomic mass is 10.2. The molecule has 0 aromatic heterocycles. The summed E-state index contributed by atoms with van der Waals surface area (Å²) in [6, 6.07) is 7.77. The highest BCUT2D eigenvalue weighted by Gasteiger charge is 2.13. The van der Waals surface area contributed by atoms with Crippen molar-refractivity contribution in [2.24, 2.45) is 0 Å². The molecule has 18 heavy (non-hydrogen) atoms. The number of hydrogen-bond donors (Lipinski definition) is 1. The van der Waals surface area contributed by atoms with Gasteiger partial charge in [0.05, 0.1) is 6.61 Å². The van der Waals surface area contributed by atoms with Gasteiger partial charge in [-0.15, -0.1) is 0 Å². The first-order valence-electron chi connectivity index (χ1n) is 6.20. The fourth-order valence-electron chi connectivity index (χ4n) is 1.66. The second kappa shape index (κ2) is 7.96. The van der Waals surface area contributed by atoms with Crippen LogP contribution in [0.25, 0.3) is 0 Å². The molecule has 0 saturated carbocycles. The molecule has 1 aromatic carbocycles. The highest BCUT2D eigenvalue weighted by atomic mass is 35.5. The summed E-state index contributed by atoms with van der Waals surface area (Å²) in [4.78, 5) is 0. The van der Waals surface area contributed by atoms with Gasteiger partial charge in [0.15, 0.2) is 7.37 Å². The molecule has 1 aromatic rings. The molecule has 0 amide bonds. The molecule has 0 aliphatic heterocycles. The second-order valence-corrected chi connectivity index (χ2v) is 7.48. The van der Waals surface area contributed by atoms with Crippen LogP contribution in [0.3, 0.4) is 0 Å². The zero-order valence-electron chi connectivity index (χ0n) is 11.0. The van der Waals surface area contributed by atoms with Gasteiger partial charge in [0.25, 0.3) is 0 Å². The molecular weight excluding hydrogens is 269 g/mol. The highest BCUT2D eigenvalue weighted by molar-refractivity contribution is 7.58. The zero-order valence-corrected chi connectivity index (χ0v) is 12.6. The van der Waals surface area contributed by atoms with Crippen LogP contribution >= 0.6 is 19.0 Å². The van der Waals surface area contributed by atoms with Crippen molar-refractivity contribution in [1.29, 1.82) is 0 Å². The van der Waals surface area contributed by atoms with Crippen LogP contribution in [0.1, 0.15) is 18.9 Å². The van der Waals surface area contributed by atoms with Gasteiger partial charge in [-0.1, -0.05) is 23.7 Å². The molecule has 0 fully saturated rings. The van der Waals surface area contributed by atoms with Crippen molar-refractivity contribution in [2.45, 2.75) is 19.9 Å². The first-order chi connectivity index (χ1) is 8.53. The van der Waals surface area contributed by atoms with Crippen LogP contribution in [-0.4, -0.2) is 26.0 Å². The molecule has 5 heteroatoms. The molecule has 1 atom stereocenters. The molecule has 0 spiro atoms. The van der Waals surface area contributed by atoms with Crippen molar-refractivity contribution in [3.05, 3.63) is 34.9 Å². The molecule has 3 nitrogen and oxygen atoms in total. The summed E-state index contributed by atoms with van der Waals surface area (Å²) in [6.07, 6.45) is 1.50. The van der Waals surface area contributed by atoms with Gasteiger partial charge in [0.2, 0.25) is 0 Å². The first kappa shape index (κ1) is 15.7. The fourth-order valence-corrected chi connectivity index (χ4v) is 3.20. The Balaban J connectivity index is 2.15. The van der Waals surface area contributed by atoms with Crippen LogP contribution < -0.4 is 5.32 Å². The normalized spacial score (nSPS) is 14.4. The van der Waals surface area contributed by atoms with E-state index in [0.717, 1.165) is 24.5 Å². The van der Waals surface area contributed by atoms with Crippen LogP contribution in [-0.2, 0) is 15.6 Å². The van der Waals surface area contributed by atoms with E-state index in [9.17, 15) is 4.57 Å². The molecule has 0 saturated heterocycles. The Morgan fingerprint density at radius 2 is 2.00 bits per heavy atom. The van der Waals surface area contributed by atoms with Crippen LogP contribution in [0.15, 0.2) is 24.3 Å². The van der Waals surface area contributed by atoms with Crippen LogP contribution in [0.2, 0.25) is 5.02 Å². The zero-order chi connectivity index (χ0) is 13.4. The van der Waals surface area contributed by atoms with Gasteiger partial charge in [-0.2, -0.15) is 0 Å². The fraction of sp³-hybridized carbons (Fsp3) is 0.538. The van der Waals surface area contributed by atoms with E-state index in [0.29, 0.717) is 12.8 Å². The monoisotopic (exact) mass is 289 g/mol. The Kier molecular flexibility index (Phi) is 6.95. The Labute approximate surface area is 114 Å². The molecule has 0 radical (unpaired) electrons. The number of nitrogens with one attached hydrogen (secondary N) is 1. The SMILES string of the molecule is CCOP(C)(=O)CCCNCc1ccc(Cl)cc1. The van der Waals surface area contributed by atoms with Crippen LogP contribution in [0.4, 0.5) is 0 Å². The Morgan fingerprint density at radius 1 is 1.33 bits per heavy atom. The van der Waals surface area contributed by atoms with E-state index in [4.69, 9.17) is 16.1 Å².